The van der Waals surface area contributed by atoms with Crippen molar-refractivity contribution in [3.05, 3.63) is 64.7 Å². The largest absolute Gasteiger partial charge is 0.435 e. The Morgan fingerprint density at radius 2 is 1.38 bits per heavy atom. The van der Waals surface area contributed by atoms with Crippen LogP contribution in [0.15, 0.2) is 42.5 Å². The molecule has 0 aliphatic carbocycles. The smallest absolute Gasteiger partial charge is 0.366 e. The molecule has 3 N–H and O–H groups in total. The minimum absolute atomic E-state index is 0.142. The molecule has 0 aliphatic heterocycles. The number of benzene rings is 2. The number of carbonyl (C=O) groups is 2. The van der Waals surface area contributed by atoms with Crippen molar-refractivity contribution in [2.45, 2.75) is 24.9 Å². The number of hydrogen-bond acceptors (Lipinski definition) is 2. The molecule has 2 amide bonds. The zero-order valence-corrected chi connectivity index (χ0v) is 14.6. The topological polar surface area (TPSA) is 72.2 Å². The number of alkyl halides is 7. The molecule has 0 atom stereocenters. The number of amides is 2. The summed E-state index contributed by atoms with van der Waals surface area (Å²) in [6, 6.07) is 6.70. The van der Waals surface area contributed by atoms with E-state index in [1.165, 1.54) is 24.3 Å². The highest BCUT2D eigenvalue weighted by molar-refractivity contribution is 6.12. The summed E-state index contributed by atoms with van der Waals surface area (Å²) < 4.78 is 91.3. The molecule has 0 fully saturated rings. The first-order valence-electron chi connectivity index (χ1n) is 7.84. The molecule has 11 heteroatoms. The number of halogens is 7. The van der Waals surface area contributed by atoms with Gasteiger partial charge < -0.3 is 11.1 Å². The van der Waals surface area contributed by atoms with Crippen LogP contribution in [-0.2, 0) is 5.67 Å². The molecule has 0 bridgehead atoms. The Morgan fingerprint density at radius 1 is 0.862 bits per heavy atom. The molecule has 0 heterocycles. The summed E-state index contributed by atoms with van der Waals surface area (Å²) in [6.45, 7) is 1.09. The summed E-state index contributed by atoms with van der Waals surface area (Å²) in [5.74, 6) is -1.80. The predicted octanol–water partition coefficient (Wildman–Crippen LogP) is 4.64. The van der Waals surface area contributed by atoms with Crippen LogP contribution in [0.5, 0.6) is 0 Å². The third kappa shape index (κ3) is 4.03. The average Bonchev–Trinajstić information content (AvgIpc) is 2.60. The second-order valence-electron chi connectivity index (χ2n) is 6.05. The Balaban J connectivity index is 2.43. The van der Waals surface area contributed by atoms with E-state index in [1.807, 2.05) is 0 Å². The van der Waals surface area contributed by atoms with Crippen molar-refractivity contribution in [3.8, 4) is 0 Å². The third-order valence-electron chi connectivity index (χ3n) is 4.09. The minimum atomic E-state index is -6.25. The quantitative estimate of drug-likeness (QED) is 0.705. The molecule has 2 aromatic carbocycles. The van der Waals surface area contributed by atoms with Gasteiger partial charge in [-0.05, 0) is 30.7 Å². The lowest BCUT2D eigenvalue weighted by molar-refractivity contribution is -0.348. The van der Waals surface area contributed by atoms with Crippen molar-refractivity contribution < 1.29 is 40.3 Å². The van der Waals surface area contributed by atoms with Crippen molar-refractivity contribution >= 4 is 17.5 Å². The summed E-state index contributed by atoms with van der Waals surface area (Å²) in [6.07, 6.45) is -12.5. The van der Waals surface area contributed by atoms with Crippen molar-refractivity contribution in [1.29, 1.82) is 0 Å². The maximum Gasteiger partial charge on any atom is 0.435 e. The van der Waals surface area contributed by atoms with Gasteiger partial charge in [0.25, 0.3) is 5.91 Å². The number of nitrogens with two attached hydrogens (primary N) is 1. The highest BCUT2D eigenvalue weighted by Gasteiger charge is 2.73. The lowest BCUT2D eigenvalue weighted by Gasteiger charge is -2.30. The molecular weight excluding hydrogens is 409 g/mol. The van der Waals surface area contributed by atoms with Gasteiger partial charge in [0.15, 0.2) is 0 Å². The van der Waals surface area contributed by atoms with Crippen LogP contribution in [0.25, 0.3) is 0 Å². The fourth-order valence-corrected chi connectivity index (χ4v) is 2.59. The maximum absolute atomic E-state index is 14.1. The van der Waals surface area contributed by atoms with Gasteiger partial charge in [0.2, 0.25) is 5.91 Å². The summed E-state index contributed by atoms with van der Waals surface area (Å²) in [5, 5.41) is 2.25. The highest BCUT2D eigenvalue weighted by Crippen LogP contribution is 2.53. The van der Waals surface area contributed by atoms with Crippen molar-refractivity contribution in [3.63, 3.8) is 0 Å². The van der Waals surface area contributed by atoms with Gasteiger partial charge in [-0.3, -0.25) is 9.59 Å². The van der Waals surface area contributed by atoms with Crippen molar-refractivity contribution in [2.24, 2.45) is 5.73 Å². The van der Waals surface area contributed by atoms with E-state index in [0.29, 0.717) is 12.1 Å². The molecule has 0 spiro atoms. The van der Waals surface area contributed by atoms with E-state index in [1.54, 1.807) is 0 Å². The first kappa shape index (κ1) is 22.2. The van der Waals surface area contributed by atoms with E-state index in [0.717, 1.165) is 6.92 Å². The molecule has 29 heavy (non-hydrogen) atoms. The molecule has 2 rings (SSSR count). The number of hydrogen-bond donors (Lipinski definition) is 2. The normalized spacial score (nSPS) is 12.6. The van der Waals surface area contributed by atoms with Gasteiger partial charge in [-0.15, -0.1) is 0 Å². The lowest BCUT2D eigenvalue weighted by Crippen LogP contribution is -2.50. The summed E-state index contributed by atoms with van der Waals surface area (Å²) in [5.41, 5.74) is -2.84. The first-order valence-corrected chi connectivity index (χ1v) is 7.84. The van der Waals surface area contributed by atoms with Crippen LogP contribution >= 0.6 is 0 Å². The number of aryl methyl sites for hydroxylation is 1. The second-order valence-corrected chi connectivity index (χ2v) is 6.05. The van der Waals surface area contributed by atoms with Crippen LogP contribution in [0.4, 0.5) is 36.4 Å². The Hall–Kier alpha value is -3.11. The van der Waals surface area contributed by atoms with Crippen molar-refractivity contribution in [1.82, 2.24) is 0 Å². The molecule has 0 radical (unpaired) electrons. The molecule has 156 valence electrons. The van der Waals surface area contributed by atoms with E-state index in [4.69, 9.17) is 5.73 Å². The summed E-state index contributed by atoms with van der Waals surface area (Å²) in [4.78, 5) is 23.7. The fraction of sp³-hybridized carbons (Fsp3) is 0.222. The number of nitrogens with one attached hydrogen (secondary N) is 1. The Morgan fingerprint density at radius 3 is 1.83 bits per heavy atom. The first-order chi connectivity index (χ1) is 13.2. The molecule has 0 saturated carbocycles. The summed E-state index contributed by atoms with van der Waals surface area (Å²) >= 11 is 0. The molecule has 2 aromatic rings. The van der Waals surface area contributed by atoms with Crippen LogP contribution in [0.3, 0.4) is 0 Å². The van der Waals surface area contributed by atoms with E-state index in [2.05, 4.69) is 5.32 Å². The van der Waals surface area contributed by atoms with Gasteiger partial charge in [0.1, 0.15) is 0 Å². The van der Waals surface area contributed by atoms with E-state index in [9.17, 15) is 40.3 Å². The SMILES string of the molecule is Cc1cc(C(F)(C(F)(F)F)C(F)(F)F)ccc1NC(=O)c1ccccc1C(N)=O. The molecule has 0 aliphatic rings. The van der Waals surface area contributed by atoms with E-state index in [-0.39, 0.29) is 28.4 Å². The van der Waals surface area contributed by atoms with Gasteiger partial charge in [0, 0.05) is 11.3 Å². The fourth-order valence-electron chi connectivity index (χ4n) is 2.59. The van der Waals surface area contributed by atoms with E-state index < -0.39 is 35.4 Å². The van der Waals surface area contributed by atoms with Gasteiger partial charge in [-0.1, -0.05) is 24.3 Å². The Labute approximate surface area is 159 Å². The number of rotatable bonds is 4. The number of anilines is 1. The Kier molecular flexibility index (Phi) is 5.64. The molecular formula is C18H13F7N2O2. The van der Waals surface area contributed by atoms with Gasteiger partial charge >= 0.3 is 18.0 Å². The van der Waals surface area contributed by atoms with Gasteiger partial charge in [-0.2, -0.15) is 26.3 Å². The van der Waals surface area contributed by atoms with Crippen LogP contribution < -0.4 is 11.1 Å². The monoisotopic (exact) mass is 422 g/mol. The standard InChI is InChI=1S/C18H13F7N2O2/c1-9-8-10(16(19,17(20,21)22)18(23,24)25)6-7-13(9)27-15(29)12-5-3-2-4-11(12)14(26)28/h2-8H,1H3,(H2,26,28)(H,27,29). The van der Waals surface area contributed by atoms with Gasteiger partial charge in [-0.25, -0.2) is 4.39 Å². The Bertz CT molecular complexity index is 938. The van der Waals surface area contributed by atoms with Gasteiger partial charge in [0.05, 0.1) is 11.1 Å². The highest BCUT2D eigenvalue weighted by atomic mass is 19.4. The second kappa shape index (κ2) is 7.37. The van der Waals surface area contributed by atoms with Crippen molar-refractivity contribution in [2.75, 3.05) is 5.32 Å². The van der Waals surface area contributed by atoms with Crippen LogP contribution in [0.2, 0.25) is 0 Å². The molecule has 0 aromatic heterocycles. The zero-order valence-electron chi connectivity index (χ0n) is 14.6. The van der Waals surface area contributed by atoms with Crippen LogP contribution in [-0.4, -0.2) is 24.2 Å². The third-order valence-corrected chi connectivity index (χ3v) is 4.09. The maximum atomic E-state index is 14.1. The minimum Gasteiger partial charge on any atom is -0.366 e. The average molecular weight is 422 g/mol. The molecule has 4 nitrogen and oxygen atoms in total. The zero-order chi connectivity index (χ0) is 22.2. The van der Waals surface area contributed by atoms with Crippen LogP contribution in [0.1, 0.15) is 31.8 Å². The predicted molar refractivity (Wildman–Crippen MR) is 89.0 cm³/mol. The van der Waals surface area contributed by atoms with Crippen LogP contribution in [0, 0.1) is 6.92 Å². The lowest BCUT2D eigenvalue weighted by atomic mass is 9.92. The summed E-state index contributed by atoms with van der Waals surface area (Å²) in [7, 11) is 0. The number of primary amides is 1. The van der Waals surface area contributed by atoms with E-state index >= 15 is 0 Å². The number of carbonyl (C=O) groups excluding carboxylic acids is 2. The molecule has 0 saturated heterocycles. The molecule has 0 unspecified atom stereocenters.